The van der Waals surface area contributed by atoms with Crippen molar-refractivity contribution in [1.29, 1.82) is 0 Å². The van der Waals surface area contributed by atoms with Gasteiger partial charge in [-0.05, 0) is 44.1 Å². The molecule has 0 aliphatic heterocycles. The van der Waals surface area contributed by atoms with Crippen LogP contribution in [-0.2, 0) is 16.0 Å². The monoisotopic (exact) mass is 389 g/mol. The standard InChI is InChI=1S/C22H35N3O3/c1-16-9-8-11-18(13-16)10-6-4-5-7-12-19(25(3)24)22(23)20(26)14-17(2)15-21(27)28/h8-9,11,13,17H,4-7,10,12,14-15,23-24H2,1-3H3,(H,27,28)/b22-19-/t17-/m0/s1. The fourth-order valence-corrected chi connectivity index (χ4v) is 3.30. The fourth-order valence-electron chi connectivity index (χ4n) is 3.30. The molecule has 0 aliphatic carbocycles. The van der Waals surface area contributed by atoms with Crippen LogP contribution < -0.4 is 11.6 Å². The second-order valence-electron chi connectivity index (χ2n) is 7.70. The smallest absolute Gasteiger partial charge is 0.303 e. The number of nitrogens with zero attached hydrogens (tertiary/aromatic N) is 1. The van der Waals surface area contributed by atoms with E-state index in [2.05, 4.69) is 31.2 Å². The second-order valence-corrected chi connectivity index (χ2v) is 7.70. The van der Waals surface area contributed by atoms with Crippen molar-refractivity contribution in [3.8, 4) is 0 Å². The summed E-state index contributed by atoms with van der Waals surface area (Å²) in [6.07, 6.45) is 5.97. The van der Waals surface area contributed by atoms with E-state index in [9.17, 15) is 9.59 Å². The van der Waals surface area contributed by atoms with Gasteiger partial charge in [0.1, 0.15) is 0 Å². The number of hydrazine groups is 1. The molecule has 5 N–H and O–H groups in total. The van der Waals surface area contributed by atoms with Gasteiger partial charge in [-0.1, -0.05) is 49.6 Å². The first-order valence-electron chi connectivity index (χ1n) is 9.98. The van der Waals surface area contributed by atoms with Crippen molar-refractivity contribution in [2.75, 3.05) is 7.05 Å². The number of rotatable bonds is 13. The molecule has 156 valence electrons. The van der Waals surface area contributed by atoms with Crippen LogP contribution in [0.15, 0.2) is 35.7 Å². The second kappa shape index (κ2) is 12.2. The Morgan fingerprint density at radius 1 is 1.14 bits per heavy atom. The van der Waals surface area contributed by atoms with Crippen molar-refractivity contribution in [2.24, 2.45) is 17.5 Å². The molecule has 1 atom stereocenters. The molecule has 0 radical (unpaired) electrons. The third-order valence-electron chi connectivity index (χ3n) is 4.81. The number of aryl methyl sites for hydroxylation is 2. The minimum Gasteiger partial charge on any atom is -0.481 e. The summed E-state index contributed by atoms with van der Waals surface area (Å²) in [5.41, 5.74) is 9.48. The minimum atomic E-state index is -0.912. The van der Waals surface area contributed by atoms with Gasteiger partial charge in [-0.3, -0.25) is 9.59 Å². The summed E-state index contributed by atoms with van der Waals surface area (Å²) >= 11 is 0. The Hall–Kier alpha value is -2.34. The van der Waals surface area contributed by atoms with E-state index in [0.29, 0.717) is 12.1 Å². The van der Waals surface area contributed by atoms with Gasteiger partial charge in [0.2, 0.25) is 0 Å². The molecular weight excluding hydrogens is 354 g/mol. The summed E-state index contributed by atoms with van der Waals surface area (Å²) < 4.78 is 0. The quantitative estimate of drug-likeness (QED) is 0.206. The first-order valence-corrected chi connectivity index (χ1v) is 9.98. The number of Topliss-reactive ketones (excluding diaryl/α,β-unsaturated/α-hetero) is 1. The van der Waals surface area contributed by atoms with Gasteiger partial charge in [0, 0.05) is 19.9 Å². The lowest BCUT2D eigenvalue weighted by atomic mass is 9.98. The number of hydrogen-bond acceptors (Lipinski definition) is 5. The van der Waals surface area contributed by atoms with E-state index in [1.54, 1.807) is 14.0 Å². The Balaban J connectivity index is 2.45. The predicted molar refractivity (Wildman–Crippen MR) is 112 cm³/mol. The molecule has 0 saturated carbocycles. The highest BCUT2D eigenvalue weighted by atomic mass is 16.4. The largest absolute Gasteiger partial charge is 0.481 e. The molecule has 1 rings (SSSR count). The highest BCUT2D eigenvalue weighted by Gasteiger charge is 2.18. The van der Waals surface area contributed by atoms with Gasteiger partial charge in [0.25, 0.3) is 0 Å². The fraction of sp³-hybridized carbons (Fsp3) is 0.545. The number of aliphatic carboxylic acids is 1. The molecule has 0 spiro atoms. The van der Waals surface area contributed by atoms with E-state index < -0.39 is 5.97 Å². The molecule has 1 aromatic rings. The van der Waals surface area contributed by atoms with E-state index in [1.807, 2.05) is 0 Å². The van der Waals surface area contributed by atoms with Crippen molar-refractivity contribution in [3.63, 3.8) is 0 Å². The highest BCUT2D eigenvalue weighted by Crippen LogP contribution is 2.18. The van der Waals surface area contributed by atoms with Gasteiger partial charge in [0.05, 0.1) is 11.4 Å². The number of carbonyl (C=O) groups excluding carboxylic acids is 1. The van der Waals surface area contributed by atoms with Gasteiger partial charge in [0.15, 0.2) is 5.78 Å². The van der Waals surface area contributed by atoms with Crippen LogP contribution in [0.5, 0.6) is 0 Å². The molecule has 0 fully saturated rings. The van der Waals surface area contributed by atoms with Gasteiger partial charge in [-0.2, -0.15) is 0 Å². The maximum Gasteiger partial charge on any atom is 0.303 e. The van der Waals surface area contributed by atoms with Gasteiger partial charge >= 0.3 is 5.97 Å². The molecule has 0 amide bonds. The summed E-state index contributed by atoms with van der Waals surface area (Å²) in [4.78, 5) is 23.1. The summed E-state index contributed by atoms with van der Waals surface area (Å²) in [5.74, 6) is 4.46. The molecule has 0 saturated heterocycles. The van der Waals surface area contributed by atoms with Crippen LogP contribution in [0.1, 0.15) is 63.0 Å². The summed E-state index contributed by atoms with van der Waals surface area (Å²) in [6.45, 7) is 3.84. The number of benzene rings is 1. The summed E-state index contributed by atoms with van der Waals surface area (Å²) in [6, 6.07) is 8.58. The SMILES string of the molecule is Cc1cccc(CCCCCC/C(=C(/N)C(=O)C[C@H](C)CC(=O)O)N(C)N)c1. The predicted octanol–water partition coefficient (Wildman–Crippen LogP) is 3.53. The normalized spacial score (nSPS) is 13.0. The maximum atomic E-state index is 12.3. The van der Waals surface area contributed by atoms with Crippen LogP contribution >= 0.6 is 0 Å². The average molecular weight is 390 g/mol. The number of nitrogens with two attached hydrogens (primary N) is 2. The number of unbranched alkanes of at least 4 members (excludes halogenated alkanes) is 3. The van der Waals surface area contributed by atoms with Gasteiger partial charge in [-0.25, -0.2) is 5.84 Å². The Labute approximate surface area is 168 Å². The molecule has 0 heterocycles. The van der Waals surface area contributed by atoms with Crippen molar-refractivity contribution in [2.45, 2.75) is 65.2 Å². The molecule has 0 unspecified atom stereocenters. The number of allylic oxidation sites excluding steroid dienone is 2. The molecular formula is C22H35N3O3. The van der Waals surface area contributed by atoms with Crippen molar-refractivity contribution >= 4 is 11.8 Å². The van der Waals surface area contributed by atoms with E-state index in [1.165, 1.54) is 16.1 Å². The van der Waals surface area contributed by atoms with Crippen LogP contribution in [0.2, 0.25) is 0 Å². The summed E-state index contributed by atoms with van der Waals surface area (Å²) in [5, 5.41) is 10.2. The zero-order chi connectivity index (χ0) is 21.1. The Kier molecular flexibility index (Phi) is 10.3. The zero-order valence-corrected chi connectivity index (χ0v) is 17.4. The zero-order valence-electron chi connectivity index (χ0n) is 17.4. The van der Waals surface area contributed by atoms with Crippen molar-refractivity contribution < 1.29 is 14.7 Å². The number of carbonyl (C=O) groups is 2. The van der Waals surface area contributed by atoms with Crippen LogP contribution in [-0.4, -0.2) is 28.9 Å². The lowest BCUT2D eigenvalue weighted by Crippen LogP contribution is -2.31. The van der Waals surface area contributed by atoms with E-state index in [0.717, 1.165) is 32.1 Å². The maximum absolute atomic E-state index is 12.3. The Morgan fingerprint density at radius 2 is 1.82 bits per heavy atom. The molecule has 6 heteroatoms. The Bertz CT molecular complexity index is 683. The molecule has 0 aromatic heterocycles. The Morgan fingerprint density at radius 3 is 2.43 bits per heavy atom. The van der Waals surface area contributed by atoms with Crippen molar-refractivity contribution in [3.05, 3.63) is 46.8 Å². The molecule has 28 heavy (non-hydrogen) atoms. The molecule has 1 aromatic carbocycles. The topological polar surface area (TPSA) is 110 Å². The van der Waals surface area contributed by atoms with Gasteiger partial charge < -0.3 is 15.8 Å². The van der Waals surface area contributed by atoms with E-state index in [-0.39, 0.29) is 30.2 Å². The average Bonchev–Trinajstić information content (AvgIpc) is 2.59. The summed E-state index contributed by atoms with van der Waals surface area (Å²) in [7, 11) is 1.67. The van der Waals surface area contributed by atoms with Crippen LogP contribution in [0.25, 0.3) is 0 Å². The molecule has 0 bridgehead atoms. The molecule has 6 nitrogen and oxygen atoms in total. The number of hydrogen-bond donors (Lipinski definition) is 3. The van der Waals surface area contributed by atoms with Gasteiger partial charge in [-0.15, -0.1) is 0 Å². The number of carboxylic acids is 1. The van der Waals surface area contributed by atoms with Crippen molar-refractivity contribution in [1.82, 2.24) is 5.01 Å². The van der Waals surface area contributed by atoms with E-state index in [4.69, 9.17) is 16.7 Å². The molecule has 0 aliphatic rings. The van der Waals surface area contributed by atoms with E-state index >= 15 is 0 Å². The lowest BCUT2D eigenvalue weighted by molar-refractivity contribution is -0.138. The van der Waals surface area contributed by atoms with Crippen LogP contribution in [0.4, 0.5) is 0 Å². The lowest BCUT2D eigenvalue weighted by Gasteiger charge is -2.20. The minimum absolute atomic E-state index is 0.0479. The highest BCUT2D eigenvalue weighted by molar-refractivity contribution is 5.95. The third-order valence-corrected chi connectivity index (χ3v) is 4.81. The third kappa shape index (κ3) is 9.04. The van der Waals surface area contributed by atoms with Crippen LogP contribution in [0.3, 0.4) is 0 Å². The first-order chi connectivity index (χ1) is 13.2. The first kappa shape index (κ1) is 23.7. The van der Waals surface area contributed by atoms with Crippen LogP contribution in [0, 0.1) is 12.8 Å². The number of ketones is 1. The number of carboxylic acid groups (broad SMARTS) is 1.